The number of fused-ring (bicyclic) bond motifs is 2. The highest BCUT2D eigenvalue weighted by molar-refractivity contribution is 9.10. The topological polar surface area (TPSA) is 39.1 Å². The average Bonchev–Trinajstić information content (AvgIpc) is 2.52. The monoisotopic (exact) mass is 339 g/mol. The highest BCUT2D eigenvalue weighted by Gasteiger charge is 2.28. The molecule has 21 heavy (non-hydrogen) atoms. The summed E-state index contributed by atoms with van der Waals surface area (Å²) in [5.41, 5.74) is 3.61. The number of pyridine rings is 1. The Morgan fingerprint density at radius 2 is 1.57 bits per heavy atom. The first-order valence-electron chi connectivity index (χ1n) is 6.56. The average molecular weight is 340 g/mol. The number of carbonyl (C=O) groups excluding carboxylic acids is 1. The van der Waals surface area contributed by atoms with Gasteiger partial charge in [0.2, 0.25) is 0 Å². The quantitative estimate of drug-likeness (QED) is 0.491. The standard InChI is InChI=1S/C17H10BrNO2/c1-19-12-8-4-7-11-13(12)14(15(18)17(19)21)9-5-2-3-6-10(9)16(11)20/h2-8H,1H3. The molecule has 1 heterocycles. The third-order valence-corrected chi connectivity index (χ3v) is 4.79. The van der Waals surface area contributed by atoms with Gasteiger partial charge in [-0.25, -0.2) is 0 Å². The lowest BCUT2D eigenvalue weighted by molar-refractivity contribution is 0.104. The zero-order chi connectivity index (χ0) is 14.7. The number of aromatic nitrogens is 1. The lowest BCUT2D eigenvalue weighted by Crippen LogP contribution is -2.22. The van der Waals surface area contributed by atoms with E-state index < -0.39 is 0 Å². The van der Waals surface area contributed by atoms with Crippen LogP contribution in [0.5, 0.6) is 0 Å². The van der Waals surface area contributed by atoms with Crippen LogP contribution in [0, 0.1) is 0 Å². The van der Waals surface area contributed by atoms with Gasteiger partial charge in [0.25, 0.3) is 5.56 Å². The van der Waals surface area contributed by atoms with Crippen molar-refractivity contribution in [3.05, 3.63) is 68.4 Å². The van der Waals surface area contributed by atoms with Gasteiger partial charge in [0.1, 0.15) is 0 Å². The maximum atomic E-state index is 12.7. The largest absolute Gasteiger partial charge is 0.310 e. The molecule has 0 fully saturated rings. The SMILES string of the molecule is Cn1c(=O)c(Br)c2c3c(cccc31)C(=O)c1ccccc1-2. The molecule has 0 atom stereocenters. The van der Waals surface area contributed by atoms with Crippen LogP contribution in [0.2, 0.25) is 0 Å². The number of benzene rings is 2. The fourth-order valence-corrected chi connectivity index (χ4v) is 3.72. The van der Waals surface area contributed by atoms with Crippen molar-refractivity contribution < 1.29 is 4.79 Å². The molecular weight excluding hydrogens is 330 g/mol. The Morgan fingerprint density at radius 1 is 0.905 bits per heavy atom. The number of carbonyl (C=O) groups is 1. The van der Waals surface area contributed by atoms with Crippen LogP contribution in [0.3, 0.4) is 0 Å². The molecular formula is C17H10BrNO2. The highest BCUT2D eigenvalue weighted by atomic mass is 79.9. The smallest absolute Gasteiger partial charge is 0.265 e. The van der Waals surface area contributed by atoms with Gasteiger partial charge in [-0.1, -0.05) is 36.4 Å². The van der Waals surface area contributed by atoms with E-state index in [9.17, 15) is 9.59 Å². The Hall–Kier alpha value is -2.20. The Labute approximate surface area is 129 Å². The molecule has 1 aromatic heterocycles. The molecule has 4 rings (SSSR count). The number of rotatable bonds is 0. The molecule has 0 spiro atoms. The predicted molar refractivity (Wildman–Crippen MR) is 85.8 cm³/mol. The van der Waals surface area contributed by atoms with E-state index in [1.165, 1.54) is 0 Å². The molecule has 1 aliphatic carbocycles. The zero-order valence-corrected chi connectivity index (χ0v) is 12.8. The number of aryl methyl sites for hydroxylation is 1. The lowest BCUT2D eigenvalue weighted by atomic mass is 9.84. The van der Waals surface area contributed by atoms with Gasteiger partial charge in [0, 0.05) is 29.1 Å². The van der Waals surface area contributed by atoms with Gasteiger partial charge >= 0.3 is 0 Å². The summed E-state index contributed by atoms with van der Waals surface area (Å²) in [6.07, 6.45) is 0. The fourth-order valence-electron chi connectivity index (χ4n) is 3.04. The minimum atomic E-state index is -0.0983. The first kappa shape index (κ1) is 12.5. The summed E-state index contributed by atoms with van der Waals surface area (Å²) in [5.74, 6) is 0.00856. The Bertz CT molecular complexity index is 1000. The van der Waals surface area contributed by atoms with E-state index in [-0.39, 0.29) is 11.3 Å². The Morgan fingerprint density at radius 3 is 2.33 bits per heavy atom. The van der Waals surface area contributed by atoms with Crippen molar-refractivity contribution in [2.45, 2.75) is 0 Å². The van der Waals surface area contributed by atoms with Gasteiger partial charge in [0.15, 0.2) is 5.78 Å². The molecule has 0 N–H and O–H groups in total. The van der Waals surface area contributed by atoms with Crippen LogP contribution in [0.25, 0.3) is 22.0 Å². The van der Waals surface area contributed by atoms with Crippen molar-refractivity contribution in [3.63, 3.8) is 0 Å². The molecule has 1 aliphatic rings. The van der Waals surface area contributed by atoms with Gasteiger partial charge in [-0.3, -0.25) is 9.59 Å². The first-order valence-corrected chi connectivity index (χ1v) is 7.36. The maximum absolute atomic E-state index is 12.7. The van der Waals surface area contributed by atoms with E-state index in [1.54, 1.807) is 11.6 Å². The summed E-state index contributed by atoms with van der Waals surface area (Å²) in [5, 5.41) is 0.843. The molecule has 0 amide bonds. The third kappa shape index (κ3) is 1.48. The molecule has 0 saturated heterocycles. The van der Waals surface area contributed by atoms with Crippen LogP contribution in [0.1, 0.15) is 15.9 Å². The highest BCUT2D eigenvalue weighted by Crippen LogP contribution is 2.41. The Balaban J connectivity index is 2.38. The maximum Gasteiger partial charge on any atom is 0.265 e. The molecule has 2 aromatic carbocycles. The summed E-state index contributed by atoms with van der Waals surface area (Å²) in [7, 11) is 1.72. The molecule has 102 valence electrons. The Kier molecular flexibility index (Phi) is 2.48. The molecule has 0 bridgehead atoms. The van der Waals surface area contributed by atoms with Gasteiger partial charge in [-0.2, -0.15) is 0 Å². The van der Waals surface area contributed by atoms with E-state index in [1.807, 2.05) is 42.5 Å². The normalized spacial score (nSPS) is 12.6. The predicted octanol–water partition coefficient (Wildman–Crippen LogP) is 3.51. The minimum absolute atomic E-state index is 0.00856. The summed E-state index contributed by atoms with van der Waals surface area (Å²) >= 11 is 3.43. The number of nitrogens with zero attached hydrogens (tertiary/aromatic N) is 1. The van der Waals surface area contributed by atoms with E-state index >= 15 is 0 Å². The van der Waals surface area contributed by atoms with Crippen molar-refractivity contribution >= 4 is 32.6 Å². The van der Waals surface area contributed by atoms with Crippen molar-refractivity contribution in [1.82, 2.24) is 4.57 Å². The molecule has 0 aliphatic heterocycles. The van der Waals surface area contributed by atoms with Gasteiger partial charge in [-0.15, -0.1) is 0 Å². The van der Waals surface area contributed by atoms with Gasteiger partial charge in [0.05, 0.1) is 9.99 Å². The summed E-state index contributed by atoms with van der Waals surface area (Å²) in [6, 6.07) is 12.9. The molecule has 3 nitrogen and oxygen atoms in total. The van der Waals surface area contributed by atoms with E-state index in [2.05, 4.69) is 15.9 Å². The molecule has 4 heteroatoms. The number of hydrogen-bond acceptors (Lipinski definition) is 2. The first-order chi connectivity index (χ1) is 10.1. The van der Waals surface area contributed by atoms with Gasteiger partial charge in [-0.05, 0) is 27.6 Å². The summed E-state index contributed by atoms with van der Waals surface area (Å²) in [6.45, 7) is 0. The molecule has 3 aromatic rings. The van der Waals surface area contributed by atoms with Crippen molar-refractivity contribution in [2.24, 2.45) is 7.05 Å². The van der Waals surface area contributed by atoms with Crippen molar-refractivity contribution in [3.8, 4) is 11.1 Å². The fraction of sp³-hybridized carbons (Fsp3) is 0.0588. The number of hydrogen-bond donors (Lipinski definition) is 0. The van der Waals surface area contributed by atoms with Crippen molar-refractivity contribution in [1.29, 1.82) is 0 Å². The van der Waals surface area contributed by atoms with Crippen LogP contribution < -0.4 is 5.56 Å². The van der Waals surface area contributed by atoms with Crippen LogP contribution >= 0.6 is 15.9 Å². The number of ketones is 1. The summed E-state index contributed by atoms with van der Waals surface area (Å²) in [4.78, 5) is 25.1. The van der Waals surface area contributed by atoms with Gasteiger partial charge < -0.3 is 4.57 Å². The van der Waals surface area contributed by atoms with E-state index in [0.717, 1.165) is 22.0 Å². The van der Waals surface area contributed by atoms with E-state index in [4.69, 9.17) is 0 Å². The summed E-state index contributed by atoms with van der Waals surface area (Å²) < 4.78 is 2.08. The van der Waals surface area contributed by atoms with E-state index in [0.29, 0.717) is 15.6 Å². The van der Waals surface area contributed by atoms with Crippen molar-refractivity contribution in [2.75, 3.05) is 0 Å². The second-order valence-corrected chi connectivity index (χ2v) is 5.92. The minimum Gasteiger partial charge on any atom is -0.310 e. The molecule has 0 saturated carbocycles. The van der Waals surface area contributed by atoms with Crippen LogP contribution in [-0.4, -0.2) is 10.4 Å². The second kappa shape index (κ2) is 4.15. The zero-order valence-electron chi connectivity index (χ0n) is 11.2. The molecule has 0 radical (unpaired) electrons. The number of halogens is 1. The molecule has 0 unspecified atom stereocenters. The van der Waals surface area contributed by atoms with Crippen LogP contribution in [0.4, 0.5) is 0 Å². The lowest BCUT2D eigenvalue weighted by Gasteiger charge is -2.22. The van der Waals surface area contributed by atoms with Crippen LogP contribution in [0.15, 0.2) is 51.7 Å². The second-order valence-electron chi connectivity index (χ2n) is 5.13. The third-order valence-electron chi connectivity index (χ3n) is 4.05. The van der Waals surface area contributed by atoms with Crippen LogP contribution in [-0.2, 0) is 7.05 Å².